The molecule has 0 aliphatic carbocycles. The number of aryl methyl sites for hydroxylation is 1. The summed E-state index contributed by atoms with van der Waals surface area (Å²) in [6, 6.07) is 16.1. The lowest BCUT2D eigenvalue weighted by Crippen LogP contribution is -2.25. The van der Waals surface area contributed by atoms with Crippen LogP contribution < -0.4 is 4.72 Å². The molecule has 2 rings (SSSR count). The predicted octanol–water partition coefficient (Wildman–Crippen LogP) is 2.70. The van der Waals surface area contributed by atoms with Gasteiger partial charge in [0.15, 0.2) is 0 Å². The Morgan fingerprint density at radius 2 is 1.56 bits per heavy atom. The van der Waals surface area contributed by atoms with Gasteiger partial charge >= 0.3 is 5.97 Å². The molecular weight excluding hydrogens is 338 g/mol. The molecule has 0 aliphatic rings. The van der Waals surface area contributed by atoms with Crippen molar-refractivity contribution in [2.45, 2.75) is 31.1 Å². The molecular formula is C19H23NO4S. The Morgan fingerprint density at radius 3 is 2.16 bits per heavy atom. The summed E-state index contributed by atoms with van der Waals surface area (Å²) in [5.41, 5.74) is 2.09. The molecule has 0 heterocycles. The number of carbonyl (C=O) groups excluding carboxylic acids is 1. The third-order valence-electron chi connectivity index (χ3n) is 3.71. The number of hydrogen-bond acceptors (Lipinski definition) is 4. The molecule has 0 aromatic heterocycles. The molecule has 25 heavy (non-hydrogen) atoms. The van der Waals surface area contributed by atoms with Gasteiger partial charge in [-0.1, -0.05) is 42.5 Å². The molecule has 5 nitrogen and oxygen atoms in total. The topological polar surface area (TPSA) is 72.5 Å². The van der Waals surface area contributed by atoms with Crippen molar-refractivity contribution < 1.29 is 17.9 Å². The molecule has 0 spiro atoms. The van der Waals surface area contributed by atoms with Crippen LogP contribution in [0, 0.1) is 0 Å². The van der Waals surface area contributed by atoms with Crippen molar-refractivity contribution in [3.8, 4) is 0 Å². The second-order valence-corrected chi connectivity index (χ2v) is 7.35. The number of hydrogen-bond donors (Lipinski definition) is 1. The minimum atomic E-state index is -3.46. The molecule has 1 N–H and O–H groups in total. The first-order chi connectivity index (χ1) is 12.0. The fraction of sp³-hybridized carbons (Fsp3) is 0.316. The predicted molar refractivity (Wildman–Crippen MR) is 96.7 cm³/mol. The van der Waals surface area contributed by atoms with Crippen molar-refractivity contribution in [2.75, 3.05) is 13.2 Å². The van der Waals surface area contributed by atoms with Crippen LogP contribution in [0.25, 0.3) is 0 Å². The first-order valence-electron chi connectivity index (χ1n) is 8.29. The van der Waals surface area contributed by atoms with Crippen LogP contribution in [0.4, 0.5) is 0 Å². The molecule has 0 amide bonds. The Balaban J connectivity index is 1.81. The molecule has 0 aliphatic heterocycles. The average Bonchev–Trinajstić information content (AvgIpc) is 2.62. The van der Waals surface area contributed by atoms with Gasteiger partial charge in [0, 0.05) is 13.0 Å². The molecule has 2 aromatic rings. The number of sulfonamides is 1. The van der Waals surface area contributed by atoms with Gasteiger partial charge in [-0.3, -0.25) is 4.79 Å². The van der Waals surface area contributed by atoms with Gasteiger partial charge in [-0.05, 0) is 43.0 Å². The summed E-state index contributed by atoms with van der Waals surface area (Å²) in [5, 5.41) is 0. The highest BCUT2D eigenvalue weighted by Gasteiger charge is 2.12. The van der Waals surface area contributed by atoms with Gasteiger partial charge in [0.25, 0.3) is 0 Å². The van der Waals surface area contributed by atoms with Gasteiger partial charge in [0.2, 0.25) is 10.0 Å². The number of esters is 1. The first kappa shape index (κ1) is 19.1. The SMILES string of the molecule is CCOC(=O)CCc1ccc(CCNS(=O)(=O)c2ccccc2)cc1. The lowest BCUT2D eigenvalue weighted by molar-refractivity contribution is -0.143. The van der Waals surface area contributed by atoms with Gasteiger partial charge in [0.1, 0.15) is 0 Å². The quantitative estimate of drug-likeness (QED) is 0.697. The van der Waals surface area contributed by atoms with E-state index in [4.69, 9.17) is 4.74 Å². The Hall–Kier alpha value is -2.18. The van der Waals surface area contributed by atoms with E-state index >= 15 is 0 Å². The van der Waals surface area contributed by atoms with Crippen LogP contribution in [0.5, 0.6) is 0 Å². The van der Waals surface area contributed by atoms with Gasteiger partial charge in [0.05, 0.1) is 11.5 Å². The van der Waals surface area contributed by atoms with E-state index in [9.17, 15) is 13.2 Å². The van der Waals surface area contributed by atoms with Crippen molar-refractivity contribution in [3.63, 3.8) is 0 Å². The zero-order valence-electron chi connectivity index (χ0n) is 14.3. The van der Waals surface area contributed by atoms with Crippen LogP contribution in [0.15, 0.2) is 59.5 Å². The number of nitrogens with one attached hydrogen (secondary N) is 1. The minimum Gasteiger partial charge on any atom is -0.466 e. The largest absolute Gasteiger partial charge is 0.466 e. The molecule has 0 saturated heterocycles. The maximum absolute atomic E-state index is 12.1. The summed E-state index contributed by atoms with van der Waals surface area (Å²) in [5.74, 6) is -0.193. The molecule has 0 radical (unpaired) electrons. The third-order valence-corrected chi connectivity index (χ3v) is 5.18. The normalized spacial score (nSPS) is 11.2. The fourth-order valence-electron chi connectivity index (χ4n) is 2.36. The van der Waals surface area contributed by atoms with E-state index in [1.54, 1.807) is 37.3 Å². The highest BCUT2D eigenvalue weighted by molar-refractivity contribution is 7.89. The van der Waals surface area contributed by atoms with Crippen LogP contribution in [-0.4, -0.2) is 27.5 Å². The molecule has 0 saturated carbocycles. The number of benzene rings is 2. The highest BCUT2D eigenvalue weighted by Crippen LogP contribution is 2.10. The monoisotopic (exact) mass is 361 g/mol. The molecule has 0 atom stereocenters. The standard InChI is InChI=1S/C19H23NO4S/c1-2-24-19(21)13-12-16-8-10-17(11-9-16)14-15-20-25(22,23)18-6-4-3-5-7-18/h3-11,20H,2,12-15H2,1H3. The number of carbonyl (C=O) groups is 1. The van der Waals surface area contributed by atoms with E-state index in [0.29, 0.717) is 32.4 Å². The molecule has 2 aromatic carbocycles. The van der Waals surface area contributed by atoms with Gasteiger partial charge in [-0.2, -0.15) is 0 Å². The summed E-state index contributed by atoms with van der Waals surface area (Å²) in [6.07, 6.45) is 1.61. The maximum Gasteiger partial charge on any atom is 0.306 e. The third kappa shape index (κ3) is 6.32. The maximum atomic E-state index is 12.1. The molecule has 0 fully saturated rings. The Morgan fingerprint density at radius 1 is 0.960 bits per heavy atom. The molecule has 0 bridgehead atoms. The van der Waals surface area contributed by atoms with E-state index in [1.807, 2.05) is 24.3 Å². The lowest BCUT2D eigenvalue weighted by atomic mass is 10.1. The number of ether oxygens (including phenoxy) is 1. The minimum absolute atomic E-state index is 0.193. The van der Waals surface area contributed by atoms with Gasteiger partial charge in [-0.15, -0.1) is 0 Å². The summed E-state index contributed by atoms with van der Waals surface area (Å²) >= 11 is 0. The van der Waals surface area contributed by atoms with Crippen LogP contribution in [0.2, 0.25) is 0 Å². The second-order valence-electron chi connectivity index (χ2n) is 5.58. The molecule has 0 unspecified atom stereocenters. The van der Waals surface area contributed by atoms with Crippen molar-refractivity contribution in [3.05, 3.63) is 65.7 Å². The van der Waals surface area contributed by atoms with Gasteiger partial charge in [-0.25, -0.2) is 13.1 Å². The Bertz CT molecular complexity index is 771. The smallest absolute Gasteiger partial charge is 0.306 e. The van der Waals surface area contributed by atoms with E-state index in [2.05, 4.69) is 4.72 Å². The number of rotatable bonds is 9. The van der Waals surface area contributed by atoms with Crippen molar-refractivity contribution in [1.82, 2.24) is 4.72 Å². The lowest BCUT2D eigenvalue weighted by Gasteiger charge is -2.07. The Kier molecular flexibility index (Phi) is 7.16. The first-order valence-corrected chi connectivity index (χ1v) is 9.78. The van der Waals surface area contributed by atoms with E-state index in [-0.39, 0.29) is 10.9 Å². The van der Waals surface area contributed by atoms with E-state index < -0.39 is 10.0 Å². The zero-order valence-corrected chi connectivity index (χ0v) is 15.1. The summed E-state index contributed by atoms with van der Waals surface area (Å²) in [6.45, 7) is 2.52. The van der Waals surface area contributed by atoms with Crippen molar-refractivity contribution in [2.24, 2.45) is 0 Å². The summed E-state index contributed by atoms with van der Waals surface area (Å²) < 4.78 is 31.8. The van der Waals surface area contributed by atoms with E-state index in [0.717, 1.165) is 11.1 Å². The van der Waals surface area contributed by atoms with Crippen LogP contribution in [-0.2, 0) is 32.4 Å². The molecule has 134 valence electrons. The van der Waals surface area contributed by atoms with Crippen LogP contribution in [0.3, 0.4) is 0 Å². The average molecular weight is 361 g/mol. The van der Waals surface area contributed by atoms with Crippen LogP contribution in [0.1, 0.15) is 24.5 Å². The van der Waals surface area contributed by atoms with E-state index in [1.165, 1.54) is 0 Å². The van der Waals surface area contributed by atoms with Crippen molar-refractivity contribution in [1.29, 1.82) is 0 Å². The van der Waals surface area contributed by atoms with Gasteiger partial charge < -0.3 is 4.74 Å². The van der Waals surface area contributed by atoms with Crippen molar-refractivity contribution >= 4 is 16.0 Å². The highest BCUT2D eigenvalue weighted by atomic mass is 32.2. The molecule has 6 heteroatoms. The summed E-state index contributed by atoms with van der Waals surface area (Å²) in [7, 11) is -3.46. The Labute approximate surface area is 149 Å². The summed E-state index contributed by atoms with van der Waals surface area (Å²) in [4.78, 5) is 11.6. The van der Waals surface area contributed by atoms with Crippen LogP contribution >= 0.6 is 0 Å². The zero-order chi connectivity index (χ0) is 18.1. The second kappa shape index (κ2) is 9.34. The fourth-order valence-corrected chi connectivity index (χ4v) is 3.42.